The monoisotopic (exact) mass is 251 g/mol. The molecule has 100 valence electrons. The van der Waals surface area contributed by atoms with Gasteiger partial charge in [-0.15, -0.1) is 0 Å². The molecular formula is C14H21NO3. The van der Waals surface area contributed by atoms with E-state index < -0.39 is 0 Å². The summed E-state index contributed by atoms with van der Waals surface area (Å²) in [5.74, 6) is 1.34. The van der Waals surface area contributed by atoms with Crippen molar-refractivity contribution in [3.8, 4) is 0 Å². The highest BCUT2D eigenvalue weighted by Gasteiger charge is 2.41. The quantitative estimate of drug-likeness (QED) is 0.876. The number of hydrogen-bond acceptors (Lipinski definition) is 4. The zero-order valence-electron chi connectivity index (χ0n) is 10.6. The molecule has 0 saturated carbocycles. The Bertz CT molecular complexity index is 365. The highest BCUT2D eigenvalue weighted by molar-refractivity contribution is 5.06. The summed E-state index contributed by atoms with van der Waals surface area (Å²) in [5, 5.41) is 0. The van der Waals surface area contributed by atoms with E-state index in [0.717, 1.165) is 51.3 Å². The van der Waals surface area contributed by atoms with Crippen LogP contribution < -0.4 is 5.73 Å². The van der Waals surface area contributed by atoms with Crippen molar-refractivity contribution in [2.45, 2.75) is 37.3 Å². The van der Waals surface area contributed by atoms with Gasteiger partial charge in [0.1, 0.15) is 5.76 Å². The van der Waals surface area contributed by atoms with E-state index in [0.29, 0.717) is 5.92 Å². The Morgan fingerprint density at radius 3 is 2.83 bits per heavy atom. The van der Waals surface area contributed by atoms with Crippen LogP contribution in [-0.2, 0) is 9.47 Å². The molecule has 0 aromatic carbocycles. The molecule has 2 aliphatic rings. The first kappa shape index (κ1) is 12.2. The van der Waals surface area contributed by atoms with Crippen LogP contribution >= 0.6 is 0 Å². The molecular weight excluding hydrogens is 230 g/mol. The molecule has 2 fully saturated rings. The van der Waals surface area contributed by atoms with Crippen LogP contribution in [0.5, 0.6) is 0 Å². The van der Waals surface area contributed by atoms with Crippen LogP contribution in [0.15, 0.2) is 22.8 Å². The molecule has 2 atom stereocenters. The second-order valence-corrected chi connectivity index (χ2v) is 5.44. The van der Waals surface area contributed by atoms with E-state index in [4.69, 9.17) is 19.6 Å². The van der Waals surface area contributed by atoms with Gasteiger partial charge in [0.2, 0.25) is 0 Å². The van der Waals surface area contributed by atoms with E-state index in [1.54, 1.807) is 6.26 Å². The van der Waals surface area contributed by atoms with E-state index in [1.165, 1.54) is 0 Å². The standard InChI is InChI=1S/C14H21NO3/c15-13(12-2-1-6-17-12)11-3-7-18-14(10-11)4-8-16-9-5-14/h1-2,6,11,13H,3-5,7-10,15H2. The number of ether oxygens (including phenoxy) is 2. The lowest BCUT2D eigenvalue weighted by molar-refractivity contribution is -0.149. The maximum atomic E-state index is 6.32. The summed E-state index contributed by atoms with van der Waals surface area (Å²) in [6.45, 7) is 2.42. The summed E-state index contributed by atoms with van der Waals surface area (Å²) >= 11 is 0. The maximum Gasteiger partial charge on any atom is 0.120 e. The average Bonchev–Trinajstić information content (AvgIpc) is 2.93. The minimum atomic E-state index is -0.0105. The van der Waals surface area contributed by atoms with Crippen LogP contribution in [-0.4, -0.2) is 25.4 Å². The van der Waals surface area contributed by atoms with Crippen molar-refractivity contribution in [3.05, 3.63) is 24.2 Å². The van der Waals surface area contributed by atoms with Gasteiger partial charge < -0.3 is 19.6 Å². The molecule has 2 N–H and O–H groups in total. The number of nitrogens with two attached hydrogens (primary N) is 1. The predicted octanol–water partition coefficient (Wildman–Crippen LogP) is 2.26. The van der Waals surface area contributed by atoms with E-state index in [-0.39, 0.29) is 11.6 Å². The lowest BCUT2D eigenvalue weighted by Crippen LogP contribution is -2.46. The van der Waals surface area contributed by atoms with Gasteiger partial charge in [0, 0.05) is 19.8 Å². The summed E-state index contributed by atoms with van der Waals surface area (Å²) in [6.07, 6.45) is 5.73. The Balaban J connectivity index is 1.70. The predicted molar refractivity (Wildman–Crippen MR) is 67.1 cm³/mol. The molecule has 2 unspecified atom stereocenters. The van der Waals surface area contributed by atoms with Crippen molar-refractivity contribution in [2.24, 2.45) is 11.7 Å². The van der Waals surface area contributed by atoms with Crippen molar-refractivity contribution < 1.29 is 13.9 Å². The second kappa shape index (κ2) is 5.03. The number of hydrogen-bond donors (Lipinski definition) is 1. The molecule has 1 spiro atoms. The van der Waals surface area contributed by atoms with Crippen LogP contribution in [0.3, 0.4) is 0 Å². The SMILES string of the molecule is NC(c1ccco1)C1CCOC2(CCOCC2)C1. The summed E-state index contributed by atoms with van der Waals surface area (Å²) in [7, 11) is 0. The van der Waals surface area contributed by atoms with E-state index in [9.17, 15) is 0 Å². The molecule has 3 heterocycles. The van der Waals surface area contributed by atoms with Crippen molar-refractivity contribution in [3.63, 3.8) is 0 Å². The van der Waals surface area contributed by atoms with E-state index in [1.807, 2.05) is 12.1 Å². The molecule has 2 saturated heterocycles. The molecule has 0 aliphatic carbocycles. The van der Waals surface area contributed by atoms with Gasteiger partial charge in [0.15, 0.2) is 0 Å². The fraction of sp³-hybridized carbons (Fsp3) is 0.714. The molecule has 0 amide bonds. The summed E-state index contributed by atoms with van der Waals surface area (Å²) in [4.78, 5) is 0. The molecule has 3 rings (SSSR count). The van der Waals surface area contributed by atoms with Gasteiger partial charge in [-0.3, -0.25) is 0 Å². The Kier molecular flexibility index (Phi) is 3.41. The fourth-order valence-corrected chi connectivity index (χ4v) is 3.18. The minimum absolute atomic E-state index is 0.00534. The van der Waals surface area contributed by atoms with Crippen LogP contribution in [0.2, 0.25) is 0 Å². The average molecular weight is 251 g/mol. The van der Waals surface area contributed by atoms with Gasteiger partial charge in [0.05, 0.1) is 17.9 Å². The molecule has 1 aromatic heterocycles. The molecule has 0 bridgehead atoms. The topological polar surface area (TPSA) is 57.6 Å². The number of furan rings is 1. The zero-order valence-corrected chi connectivity index (χ0v) is 10.6. The van der Waals surface area contributed by atoms with Crippen LogP contribution in [0.4, 0.5) is 0 Å². The Hall–Kier alpha value is -0.840. The Labute approximate surface area is 107 Å². The third-order valence-electron chi connectivity index (χ3n) is 4.31. The summed E-state index contributed by atoms with van der Waals surface area (Å²) in [6, 6.07) is 3.86. The van der Waals surface area contributed by atoms with Gasteiger partial charge in [-0.05, 0) is 43.7 Å². The van der Waals surface area contributed by atoms with Gasteiger partial charge in [-0.25, -0.2) is 0 Å². The highest BCUT2D eigenvalue weighted by atomic mass is 16.5. The van der Waals surface area contributed by atoms with Gasteiger partial charge >= 0.3 is 0 Å². The van der Waals surface area contributed by atoms with Crippen molar-refractivity contribution in [1.29, 1.82) is 0 Å². The van der Waals surface area contributed by atoms with Crippen molar-refractivity contribution in [2.75, 3.05) is 19.8 Å². The third kappa shape index (κ3) is 2.32. The first-order valence-electron chi connectivity index (χ1n) is 6.80. The third-order valence-corrected chi connectivity index (χ3v) is 4.31. The summed E-state index contributed by atoms with van der Waals surface area (Å²) < 4.78 is 16.9. The molecule has 18 heavy (non-hydrogen) atoms. The molecule has 2 aliphatic heterocycles. The zero-order chi connectivity index (χ0) is 12.4. The van der Waals surface area contributed by atoms with Gasteiger partial charge in [-0.1, -0.05) is 0 Å². The Morgan fingerprint density at radius 2 is 2.11 bits per heavy atom. The van der Waals surface area contributed by atoms with Crippen LogP contribution in [0.25, 0.3) is 0 Å². The first-order valence-corrected chi connectivity index (χ1v) is 6.80. The van der Waals surface area contributed by atoms with Crippen molar-refractivity contribution in [1.82, 2.24) is 0 Å². The lowest BCUT2D eigenvalue weighted by Gasteiger charge is -2.44. The molecule has 4 heteroatoms. The van der Waals surface area contributed by atoms with Gasteiger partial charge in [-0.2, -0.15) is 0 Å². The second-order valence-electron chi connectivity index (χ2n) is 5.44. The van der Waals surface area contributed by atoms with Crippen LogP contribution in [0.1, 0.15) is 37.5 Å². The summed E-state index contributed by atoms with van der Waals surface area (Å²) in [5.41, 5.74) is 6.33. The minimum Gasteiger partial charge on any atom is -0.468 e. The maximum absolute atomic E-state index is 6.32. The smallest absolute Gasteiger partial charge is 0.120 e. The van der Waals surface area contributed by atoms with Gasteiger partial charge in [0.25, 0.3) is 0 Å². The van der Waals surface area contributed by atoms with E-state index >= 15 is 0 Å². The molecule has 0 radical (unpaired) electrons. The van der Waals surface area contributed by atoms with Crippen LogP contribution in [0, 0.1) is 5.92 Å². The van der Waals surface area contributed by atoms with E-state index in [2.05, 4.69) is 0 Å². The normalized spacial score (nSPS) is 29.3. The number of rotatable bonds is 2. The largest absolute Gasteiger partial charge is 0.468 e. The fourth-order valence-electron chi connectivity index (χ4n) is 3.18. The highest BCUT2D eigenvalue weighted by Crippen LogP contribution is 2.41. The first-order chi connectivity index (χ1) is 8.79. The Morgan fingerprint density at radius 1 is 1.28 bits per heavy atom. The molecule has 4 nitrogen and oxygen atoms in total. The van der Waals surface area contributed by atoms with Crippen molar-refractivity contribution >= 4 is 0 Å². The molecule has 1 aromatic rings. The lowest BCUT2D eigenvalue weighted by atomic mass is 9.77.